The molecule has 19 N–H and O–H groups in total. The maximum Gasteiger partial charge on any atom is 0.252 e. The van der Waals surface area contributed by atoms with E-state index in [-0.39, 0.29) is 26.1 Å². The monoisotopic (exact) mass is 743 g/mol. The van der Waals surface area contributed by atoms with Gasteiger partial charge in [-0.05, 0) is 18.9 Å². The van der Waals surface area contributed by atoms with Crippen LogP contribution in [-0.2, 0) is 33.2 Å². The van der Waals surface area contributed by atoms with E-state index < -0.39 is 129 Å². The van der Waals surface area contributed by atoms with E-state index in [0.717, 1.165) is 0 Å². The van der Waals surface area contributed by atoms with Gasteiger partial charge in [-0.15, -0.1) is 0 Å². The minimum atomic E-state index is -2.15. The number of hydrogen-bond acceptors (Lipinski definition) is 20. The van der Waals surface area contributed by atoms with E-state index in [2.05, 4.69) is 10.6 Å². The standard InChI is InChI=1S/C29H54FN7O14/c30-11(6-31)18(40)26(45)37-14-5-13(34)23(49-27-12(33)2-1-10(46-27)8-36-3-4-38)25(19(14)41)51-29-22(44)24(16(9-39)48-29)50-28-17(35)21(43)20(42)15(7-32)47-28/h1,11-25,27-29,36,38-44H,2-9,31-35H2,(H,37,45)/t11-,12-,13+,14-,15+,16-,17-,18+,19+,20-,21-,22-,23-,24-,25-,27-,28-,29+/m1/s1. The van der Waals surface area contributed by atoms with Gasteiger partial charge in [0.1, 0.15) is 66.9 Å². The highest BCUT2D eigenvalue weighted by atomic mass is 19.1. The Bertz CT molecular complexity index is 1140. The molecule has 0 aromatic carbocycles. The minimum absolute atomic E-state index is 0.106. The molecular weight excluding hydrogens is 689 g/mol. The van der Waals surface area contributed by atoms with Crippen molar-refractivity contribution >= 4 is 5.91 Å². The van der Waals surface area contributed by atoms with Crippen LogP contribution in [0.1, 0.15) is 12.8 Å². The number of rotatable bonds is 16. The zero-order chi connectivity index (χ0) is 37.6. The SMILES string of the molecule is NC[C@@H](F)[C@H](O)C(=O)N[C@@H]1C[C@H](N)[C@@H](O[C@H]2OC(CNCCO)=CC[C@H]2N)[C@H](O[C@@H]2O[C@H](CO)[C@@H](O[C@H]3O[C@@H](CN)[C@@H](O)[C@H](O)[C@H]3N)[C@H]2O)[C@H]1O. The van der Waals surface area contributed by atoms with Crippen LogP contribution in [-0.4, -0.2) is 191 Å². The van der Waals surface area contributed by atoms with E-state index in [1.165, 1.54) is 0 Å². The first kappa shape index (κ1) is 42.0. The second kappa shape index (κ2) is 19.0. The highest BCUT2D eigenvalue weighted by molar-refractivity contribution is 5.81. The normalized spacial score (nSPS) is 42.9. The molecule has 0 bridgehead atoms. The number of ether oxygens (including phenoxy) is 6. The number of nitrogens with one attached hydrogen (secondary N) is 2. The van der Waals surface area contributed by atoms with Gasteiger partial charge < -0.3 is 103 Å². The van der Waals surface area contributed by atoms with Crippen molar-refractivity contribution in [2.24, 2.45) is 28.7 Å². The number of aliphatic hydroxyl groups excluding tert-OH is 7. The highest BCUT2D eigenvalue weighted by Crippen LogP contribution is 2.34. The summed E-state index contributed by atoms with van der Waals surface area (Å²) in [4.78, 5) is 12.7. The van der Waals surface area contributed by atoms with Crippen LogP contribution in [0.25, 0.3) is 0 Å². The molecule has 0 spiro atoms. The first-order chi connectivity index (χ1) is 24.3. The lowest BCUT2D eigenvalue weighted by Gasteiger charge is -2.46. The second-order valence-electron chi connectivity index (χ2n) is 13.0. The highest BCUT2D eigenvalue weighted by Gasteiger charge is 2.54. The average Bonchev–Trinajstić information content (AvgIpc) is 3.41. The van der Waals surface area contributed by atoms with Crippen molar-refractivity contribution in [1.29, 1.82) is 0 Å². The molecule has 1 amide bonds. The maximum atomic E-state index is 14.0. The Labute approximate surface area is 293 Å². The van der Waals surface area contributed by atoms with Gasteiger partial charge in [0.15, 0.2) is 18.7 Å². The number of nitrogens with two attached hydrogens (primary N) is 5. The zero-order valence-electron chi connectivity index (χ0n) is 27.9. The van der Waals surface area contributed by atoms with Crippen LogP contribution in [0.3, 0.4) is 0 Å². The number of alkyl halides is 1. The lowest BCUT2D eigenvalue weighted by Crippen LogP contribution is -2.67. The third-order valence-corrected chi connectivity index (χ3v) is 9.33. The predicted octanol–water partition coefficient (Wildman–Crippen LogP) is -8.27. The fourth-order valence-electron chi connectivity index (χ4n) is 6.34. The fourth-order valence-corrected chi connectivity index (χ4v) is 6.34. The van der Waals surface area contributed by atoms with Gasteiger partial charge in [0.05, 0.1) is 37.9 Å². The summed E-state index contributed by atoms with van der Waals surface area (Å²) in [6.45, 7) is -1.14. The Morgan fingerprint density at radius 1 is 0.902 bits per heavy atom. The summed E-state index contributed by atoms with van der Waals surface area (Å²) in [6.07, 6.45) is -19.4. The summed E-state index contributed by atoms with van der Waals surface area (Å²) in [7, 11) is 0. The number of aliphatic hydroxyl groups is 7. The molecule has 1 aliphatic carbocycles. The van der Waals surface area contributed by atoms with Crippen molar-refractivity contribution in [3.8, 4) is 0 Å². The molecule has 0 aromatic rings. The summed E-state index contributed by atoms with van der Waals surface area (Å²) >= 11 is 0. The van der Waals surface area contributed by atoms with Gasteiger partial charge in [-0.3, -0.25) is 4.79 Å². The molecule has 0 radical (unpaired) electrons. The van der Waals surface area contributed by atoms with Crippen LogP contribution < -0.4 is 39.3 Å². The fraction of sp³-hybridized carbons (Fsp3) is 0.897. The van der Waals surface area contributed by atoms with Gasteiger partial charge >= 0.3 is 0 Å². The molecule has 2 saturated heterocycles. The van der Waals surface area contributed by atoms with Crippen LogP contribution in [0.4, 0.5) is 4.39 Å². The first-order valence-corrected chi connectivity index (χ1v) is 16.8. The molecule has 51 heavy (non-hydrogen) atoms. The van der Waals surface area contributed by atoms with Gasteiger partial charge in [-0.2, -0.15) is 0 Å². The molecule has 0 aromatic heterocycles. The van der Waals surface area contributed by atoms with Crippen LogP contribution in [0.15, 0.2) is 11.8 Å². The lowest BCUT2D eigenvalue weighted by atomic mass is 9.83. The van der Waals surface area contributed by atoms with E-state index in [9.17, 15) is 39.8 Å². The van der Waals surface area contributed by atoms with E-state index in [1.54, 1.807) is 6.08 Å². The molecule has 22 heteroatoms. The van der Waals surface area contributed by atoms with Gasteiger partial charge in [0, 0.05) is 25.7 Å². The van der Waals surface area contributed by atoms with Crippen LogP contribution >= 0.6 is 0 Å². The molecule has 4 aliphatic rings. The zero-order valence-corrected chi connectivity index (χ0v) is 27.9. The Hall–Kier alpha value is -1.78. The molecular formula is C29H54FN7O14. The van der Waals surface area contributed by atoms with Crippen molar-refractivity contribution in [1.82, 2.24) is 10.6 Å². The summed E-state index contributed by atoms with van der Waals surface area (Å²) in [5.74, 6) is -0.724. The molecule has 3 aliphatic heterocycles. The third-order valence-electron chi connectivity index (χ3n) is 9.33. The van der Waals surface area contributed by atoms with Crippen LogP contribution in [0.2, 0.25) is 0 Å². The molecule has 21 nitrogen and oxygen atoms in total. The summed E-state index contributed by atoms with van der Waals surface area (Å²) < 4.78 is 49.5. The Balaban J connectivity index is 1.55. The van der Waals surface area contributed by atoms with Gasteiger partial charge in [0.25, 0.3) is 5.91 Å². The lowest BCUT2D eigenvalue weighted by molar-refractivity contribution is -0.282. The first-order valence-electron chi connectivity index (χ1n) is 16.8. The molecule has 3 heterocycles. The second-order valence-corrected chi connectivity index (χ2v) is 13.0. The summed E-state index contributed by atoms with van der Waals surface area (Å²) in [6, 6.07) is -4.29. The van der Waals surface area contributed by atoms with Crippen molar-refractivity contribution < 1.29 is 73.4 Å². The molecule has 18 atom stereocenters. The van der Waals surface area contributed by atoms with E-state index >= 15 is 0 Å². The maximum absolute atomic E-state index is 14.0. The molecule has 1 saturated carbocycles. The third kappa shape index (κ3) is 9.86. The van der Waals surface area contributed by atoms with Gasteiger partial charge in [-0.1, -0.05) is 0 Å². The largest absolute Gasteiger partial charge is 0.467 e. The quantitative estimate of drug-likeness (QED) is 0.0653. The van der Waals surface area contributed by atoms with Crippen molar-refractivity contribution in [3.05, 3.63) is 11.8 Å². The Morgan fingerprint density at radius 3 is 2.22 bits per heavy atom. The van der Waals surface area contributed by atoms with E-state index in [1.807, 2.05) is 0 Å². The van der Waals surface area contributed by atoms with Gasteiger partial charge in [0.2, 0.25) is 6.29 Å². The topological polar surface area (TPSA) is 368 Å². The number of hydrogen-bond donors (Lipinski definition) is 14. The number of amides is 1. The van der Waals surface area contributed by atoms with Crippen molar-refractivity contribution in [2.45, 2.75) is 123 Å². The smallest absolute Gasteiger partial charge is 0.252 e. The number of carbonyl (C=O) groups excluding carboxylic acids is 1. The Morgan fingerprint density at radius 2 is 1.57 bits per heavy atom. The molecule has 3 fully saturated rings. The minimum Gasteiger partial charge on any atom is -0.467 e. The number of carbonyl (C=O) groups is 1. The molecule has 0 unspecified atom stereocenters. The summed E-state index contributed by atoms with van der Waals surface area (Å²) in [5.41, 5.74) is 29.7. The molecule has 296 valence electrons. The van der Waals surface area contributed by atoms with Crippen LogP contribution in [0, 0.1) is 0 Å². The van der Waals surface area contributed by atoms with Crippen molar-refractivity contribution in [3.63, 3.8) is 0 Å². The predicted molar refractivity (Wildman–Crippen MR) is 170 cm³/mol. The van der Waals surface area contributed by atoms with E-state index in [0.29, 0.717) is 18.7 Å². The number of halogens is 1. The molecule has 4 rings (SSSR count). The average molecular weight is 744 g/mol. The van der Waals surface area contributed by atoms with Gasteiger partial charge in [-0.25, -0.2) is 4.39 Å². The summed E-state index contributed by atoms with van der Waals surface area (Å²) in [5, 5.41) is 78.1. The van der Waals surface area contributed by atoms with Crippen molar-refractivity contribution in [2.75, 3.05) is 39.4 Å². The van der Waals surface area contributed by atoms with Crippen LogP contribution in [0.5, 0.6) is 0 Å². The Kier molecular flexibility index (Phi) is 15.6. The van der Waals surface area contributed by atoms with E-state index in [4.69, 9.17) is 62.2 Å².